The summed E-state index contributed by atoms with van der Waals surface area (Å²) < 4.78 is 5.54. The van der Waals surface area contributed by atoms with Crippen LogP contribution < -0.4 is 5.32 Å². The van der Waals surface area contributed by atoms with Crippen molar-refractivity contribution >= 4 is 18.0 Å². The highest BCUT2D eigenvalue weighted by Crippen LogP contribution is 2.44. The van der Waals surface area contributed by atoms with Crippen molar-refractivity contribution in [3.63, 3.8) is 0 Å². The number of benzene rings is 2. The number of ether oxygens (including phenoxy) is 1. The van der Waals surface area contributed by atoms with Gasteiger partial charge in [0.2, 0.25) is 5.91 Å². The van der Waals surface area contributed by atoms with E-state index in [1.54, 1.807) is 4.90 Å². The third-order valence-corrected chi connectivity index (χ3v) is 7.20. The molecule has 7 heteroatoms. The number of fused-ring (bicyclic) bond motifs is 3. The first-order chi connectivity index (χ1) is 16.4. The number of carbonyl (C=O) groups is 3. The van der Waals surface area contributed by atoms with Crippen LogP contribution in [-0.2, 0) is 14.3 Å². The molecule has 3 atom stereocenters. The first-order valence-electron chi connectivity index (χ1n) is 12.0. The minimum atomic E-state index is -0.852. The Labute approximate surface area is 200 Å². The van der Waals surface area contributed by atoms with Crippen LogP contribution in [0.25, 0.3) is 11.1 Å². The second-order valence-electron chi connectivity index (χ2n) is 9.44. The van der Waals surface area contributed by atoms with Gasteiger partial charge in [-0.15, -0.1) is 0 Å². The molecule has 34 heavy (non-hydrogen) atoms. The van der Waals surface area contributed by atoms with E-state index in [0.29, 0.717) is 25.9 Å². The number of alkyl carbamates (subject to hydrolysis) is 1. The van der Waals surface area contributed by atoms with Crippen molar-refractivity contribution in [3.05, 3.63) is 59.7 Å². The Kier molecular flexibility index (Phi) is 7.20. The van der Waals surface area contributed by atoms with Crippen LogP contribution in [0.3, 0.4) is 0 Å². The van der Waals surface area contributed by atoms with Gasteiger partial charge in [0, 0.05) is 31.5 Å². The van der Waals surface area contributed by atoms with Gasteiger partial charge < -0.3 is 20.1 Å². The predicted molar refractivity (Wildman–Crippen MR) is 128 cm³/mol. The van der Waals surface area contributed by atoms with Gasteiger partial charge in [0.1, 0.15) is 6.61 Å². The number of hydrogen-bond donors (Lipinski definition) is 2. The number of likely N-dealkylation sites (tertiary alicyclic amines) is 1. The van der Waals surface area contributed by atoms with Crippen LogP contribution in [0.5, 0.6) is 0 Å². The maximum atomic E-state index is 12.8. The van der Waals surface area contributed by atoms with Crippen LogP contribution >= 0.6 is 0 Å². The number of rotatable bonds is 7. The Morgan fingerprint density at radius 2 is 1.71 bits per heavy atom. The molecule has 0 aromatic heterocycles. The van der Waals surface area contributed by atoms with Gasteiger partial charge >= 0.3 is 12.1 Å². The minimum absolute atomic E-state index is 0.00215. The summed E-state index contributed by atoms with van der Waals surface area (Å²) in [6, 6.07) is 16.4. The van der Waals surface area contributed by atoms with Gasteiger partial charge in [0.05, 0.1) is 5.92 Å². The molecule has 2 aromatic rings. The quantitative estimate of drug-likeness (QED) is 0.643. The number of carboxylic acid groups (broad SMARTS) is 1. The van der Waals surface area contributed by atoms with Crippen LogP contribution in [0, 0.1) is 17.8 Å². The van der Waals surface area contributed by atoms with Crippen molar-refractivity contribution in [2.75, 3.05) is 26.2 Å². The largest absolute Gasteiger partial charge is 0.481 e. The van der Waals surface area contributed by atoms with E-state index in [9.17, 15) is 19.5 Å². The Bertz CT molecular complexity index is 1020. The first kappa shape index (κ1) is 23.8. The molecule has 2 amide bonds. The summed E-state index contributed by atoms with van der Waals surface area (Å²) in [6.45, 7) is 5.12. The van der Waals surface area contributed by atoms with Gasteiger partial charge in [0.25, 0.3) is 0 Å². The topological polar surface area (TPSA) is 95.9 Å². The summed E-state index contributed by atoms with van der Waals surface area (Å²) in [4.78, 5) is 38.2. The summed E-state index contributed by atoms with van der Waals surface area (Å²) in [7, 11) is 0. The number of carbonyl (C=O) groups excluding carboxylic acids is 2. The number of piperidine rings is 1. The zero-order valence-electron chi connectivity index (χ0n) is 19.7. The molecule has 1 saturated heterocycles. The lowest BCUT2D eigenvalue weighted by atomic mass is 9.86. The number of amides is 2. The molecule has 4 rings (SSSR count). The molecule has 7 nitrogen and oxygen atoms in total. The Morgan fingerprint density at radius 1 is 1.09 bits per heavy atom. The number of aliphatic carboxylic acids is 1. The molecule has 0 spiro atoms. The molecule has 1 aliphatic carbocycles. The third-order valence-electron chi connectivity index (χ3n) is 7.20. The van der Waals surface area contributed by atoms with Gasteiger partial charge in [0.15, 0.2) is 0 Å². The Morgan fingerprint density at radius 3 is 2.32 bits per heavy atom. The molecule has 2 aliphatic rings. The SMILES string of the molecule is CC(CCNC(=O)OCC1c2ccccc2-c2ccccc21)C(=O)N1CCC(C)C(C(=O)O)C1. The van der Waals surface area contributed by atoms with E-state index in [0.717, 1.165) is 11.1 Å². The highest BCUT2D eigenvalue weighted by Gasteiger charge is 2.34. The maximum Gasteiger partial charge on any atom is 0.407 e. The zero-order chi connectivity index (χ0) is 24.2. The lowest BCUT2D eigenvalue weighted by molar-refractivity contribution is -0.149. The van der Waals surface area contributed by atoms with E-state index in [2.05, 4.69) is 29.6 Å². The summed E-state index contributed by atoms with van der Waals surface area (Å²) in [5, 5.41) is 12.1. The smallest absolute Gasteiger partial charge is 0.407 e. The third kappa shape index (κ3) is 4.93. The second-order valence-corrected chi connectivity index (χ2v) is 9.44. The minimum Gasteiger partial charge on any atom is -0.481 e. The van der Waals surface area contributed by atoms with E-state index in [4.69, 9.17) is 4.74 Å². The van der Waals surface area contributed by atoms with Crippen molar-refractivity contribution in [2.45, 2.75) is 32.6 Å². The van der Waals surface area contributed by atoms with Gasteiger partial charge in [-0.2, -0.15) is 0 Å². The number of hydrogen-bond acceptors (Lipinski definition) is 4. The first-order valence-corrected chi connectivity index (χ1v) is 12.0. The average Bonchev–Trinajstić information content (AvgIpc) is 3.16. The zero-order valence-corrected chi connectivity index (χ0v) is 19.7. The molecule has 1 fully saturated rings. The summed E-state index contributed by atoms with van der Waals surface area (Å²) >= 11 is 0. The van der Waals surface area contributed by atoms with Crippen molar-refractivity contribution in [3.8, 4) is 11.1 Å². The lowest BCUT2D eigenvalue weighted by Gasteiger charge is -2.36. The molecule has 1 heterocycles. The van der Waals surface area contributed by atoms with Crippen LogP contribution in [0.15, 0.2) is 48.5 Å². The number of nitrogens with zero attached hydrogens (tertiary/aromatic N) is 1. The van der Waals surface area contributed by atoms with Crippen LogP contribution in [0.1, 0.15) is 43.7 Å². The molecule has 2 N–H and O–H groups in total. The molecule has 180 valence electrons. The van der Waals surface area contributed by atoms with Crippen molar-refractivity contribution in [1.29, 1.82) is 0 Å². The Hall–Kier alpha value is -3.35. The normalized spacial score (nSPS) is 20.2. The van der Waals surface area contributed by atoms with E-state index in [1.807, 2.05) is 38.1 Å². The summed E-state index contributed by atoms with van der Waals surface area (Å²) in [6.07, 6.45) is 0.652. The second kappa shape index (κ2) is 10.3. The highest BCUT2D eigenvalue weighted by atomic mass is 16.5. The fourth-order valence-electron chi connectivity index (χ4n) is 5.07. The average molecular weight is 465 g/mol. The summed E-state index contributed by atoms with van der Waals surface area (Å²) in [5.74, 6) is -1.68. The van der Waals surface area contributed by atoms with Crippen molar-refractivity contribution in [1.82, 2.24) is 10.2 Å². The van der Waals surface area contributed by atoms with E-state index >= 15 is 0 Å². The van der Waals surface area contributed by atoms with Gasteiger partial charge in [-0.1, -0.05) is 62.4 Å². The number of nitrogens with one attached hydrogen (secondary N) is 1. The summed E-state index contributed by atoms with van der Waals surface area (Å²) in [5.41, 5.74) is 4.67. The highest BCUT2D eigenvalue weighted by molar-refractivity contribution is 5.80. The molecular formula is C27H32N2O5. The van der Waals surface area contributed by atoms with E-state index < -0.39 is 18.0 Å². The fourth-order valence-corrected chi connectivity index (χ4v) is 5.07. The maximum absolute atomic E-state index is 12.8. The molecular weight excluding hydrogens is 432 g/mol. The molecule has 0 saturated carbocycles. The van der Waals surface area contributed by atoms with Gasteiger partial charge in [-0.25, -0.2) is 4.79 Å². The standard InChI is InChI=1S/C27H32N2O5/c1-17-12-14-29(15-23(17)26(31)32)25(30)18(2)11-13-28-27(33)34-16-24-21-9-5-3-7-19(21)20-8-4-6-10-22(20)24/h3-10,17-18,23-24H,11-16H2,1-2H3,(H,28,33)(H,31,32). The van der Waals surface area contributed by atoms with Crippen LogP contribution in [0.2, 0.25) is 0 Å². The molecule has 0 bridgehead atoms. The molecule has 3 unspecified atom stereocenters. The fraction of sp³-hybridized carbons (Fsp3) is 0.444. The van der Waals surface area contributed by atoms with Crippen LogP contribution in [0.4, 0.5) is 4.79 Å². The van der Waals surface area contributed by atoms with Crippen molar-refractivity contribution in [2.24, 2.45) is 17.8 Å². The van der Waals surface area contributed by atoms with Crippen molar-refractivity contribution < 1.29 is 24.2 Å². The lowest BCUT2D eigenvalue weighted by Crippen LogP contribution is -2.47. The number of carboxylic acids is 1. The monoisotopic (exact) mass is 464 g/mol. The molecule has 0 radical (unpaired) electrons. The molecule has 2 aromatic carbocycles. The predicted octanol–water partition coefficient (Wildman–Crippen LogP) is 4.12. The van der Waals surface area contributed by atoms with Gasteiger partial charge in [-0.3, -0.25) is 9.59 Å². The van der Waals surface area contributed by atoms with Crippen LogP contribution in [-0.4, -0.2) is 54.2 Å². The van der Waals surface area contributed by atoms with E-state index in [1.165, 1.54) is 11.1 Å². The van der Waals surface area contributed by atoms with E-state index in [-0.39, 0.29) is 36.8 Å². The molecule has 1 aliphatic heterocycles. The van der Waals surface area contributed by atoms with Gasteiger partial charge in [-0.05, 0) is 41.0 Å². The Balaban J connectivity index is 1.24.